The van der Waals surface area contributed by atoms with Gasteiger partial charge in [0, 0.05) is 23.7 Å². The van der Waals surface area contributed by atoms with Gasteiger partial charge >= 0.3 is 0 Å². The van der Waals surface area contributed by atoms with Crippen molar-refractivity contribution in [2.24, 2.45) is 0 Å². The molecule has 0 radical (unpaired) electrons. The lowest BCUT2D eigenvalue weighted by molar-refractivity contribution is 0.00972. The number of ether oxygens (including phenoxy) is 1. The standard InChI is InChI=1S/C23H25Cl2FN2O4S/c1-33(30,31)27-22(29)18-12-16(14-5-6-14)17(13-20(18)26)23(28-9-3-2-4-10-28)32-21-8-7-15(24)11-19(21)25/h7-8,11-14,23H,2-6,9-10H2,1H3,(H,27,29). The lowest BCUT2D eigenvalue weighted by Crippen LogP contribution is -2.37. The molecule has 33 heavy (non-hydrogen) atoms. The van der Waals surface area contributed by atoms with Gasteiger partial charge in [0.05, 0.1) is 16.8 Å². The molecule has 6 nitrogen and oxygen atoms in total. The van der Waals surface area contributed by atoms with Crippen LogP contribution in [0.3, 0.4) is 0 Å². The summed E-state index contributed by atoms with van der Waals surface area (Å²) in [6.45, 7) is 1.55. The first kappa shape index (κ1) is 24.3. The Labute approximate surface area is 203 Å². The number of hydrogen-bond acceptors (Lipinski definition) is 5. The van der Waals surface area contributed by atoms with Gasteiger partial charge in [-0.2, -0.15) is 0 Å². The lowest BCUT2D eigenvalue weighted by atomic mass is 9.96. The minimum atomic E-state index is -3.82. The highest BCUT2D eigenvalue weighted by Crippen LogP contribution is 2.45. The Kier molecular flexibility index (Phi) is 7.19. The van der Waals surface area contributed by atoms with Gasteiger partial charge in [-0.1, -0.05) is 29.6 Å². The molecule has 1 N–H and O–H groups in total. The number of piperidine rings is 1. The molecule has 178 valence electrons. The zero-order valence-electron chi connectivity index (χ0n) is 18.1. The molecule has 0 bridgehead atoms. The molecule has 1 saturated carbocycles. The van der Waals surface area contributed by atoms with Crippen molar-refractivity contribution in [2.45, 2.75) is 44.2 Å². The molecule has 2 fully saturated rings. The van der Waals surface area contributed by atoms with Gasteiger partial charge in [0.15, 0.2) is 6.23 Å². The minimum absolute atomic E-state index is 0.155. The molecule has 4 rings (SSSR count). The predicted molar refractivity (Wildman–Crippen MR) is 126 cm³/mol. The Bertz CT molecular complexity index is 1170. The summed E-state index contributed by atoms with van der Waals surface area (Å²) in [5.74, 6) is -1.21. The van der Waals surface area contributed by atoms with Crippen molar-refractivity contribution >= 4 is 39.1 Å². The molecular formula is C23H25Cl2FN2O4S. The number of carbonyl (C=O) groups is 1. The van der Waals surface area contributed by atoms with Gasteiger partial charge in [0.1, 0.15) is 11.6 Å². The summed E-state index contributed by atoms with van der Waals surface area (Å²) in [5.41, 5.74) is 1.11. The number of amides is 1. The van der Waals surface area contributed by atoms with E-state index in [4.69, 9.17) is 27.9 Å². The summed E-state index contributed by atoms with van der Waals surface area (Å²) >= 11 is 12.4. The minimum Gasteiger partial charge on any atom is -0.469 e. The molecule has 2 aliphatic rings. The Morgan fingerprint density at radius 3 is 2.45 bits per heavy atom. The Balaban J connectivity index is 1.77. The number of sulfonamides is 1. The molecule has 2 aromatic rings. The van der Waals surface area contributed by atoms with E-state index in [0.717, 1.165) is 57.0 Å². The fraction of sp³-hybridized carbons (Fsp3) is 0.435. The predicted octanol–water partition coefficient (Wildman–Crippen LogP) is 5.26. The zero-order valence-corrected chi connectivity index (χ0v) is 20.4. The fourth-order valence-corrected chi connectivity index (χ4v) is 5.04. The van der Waals surface area contributed by atoms with Crippen LogP contribution in [0.5, 0.6) is 5.75 Å². The number of halogens is 3. The van der Waals surface area contributed by atoms with E-state index < -0.39 is 28.0 Å². The largest absolute Gasteiger partial charge is 0.469 e. The molecule has 2 aromatic carbocycles. The first-order valence-corrected chi connectivity index (χ1v) is 13.5. The van der Waals surface area contributed by atoms with Crippen LogP contribution in [0.15, 0.2) is 30.3 Å². The van der Waals surface area contributed by atoms with E-state index in [0.29, 0.717) is 21.4 Å². The van der Waals surface area contributed by atoms with E-state index in [1.54, 1.807) is 18.2 Å². The van der Waals surface area contributed by atoms with Gasteiger partial charge in [-0.25, -0.2) is 17.5 Å². The third-order valence-corrected chi connectivity index (χ3v) is 6.92. The SMILES string of the molecule is CS(=O)(=O)NC(=O)c1cc(C2CC2)c(C(Oc2ccc(Cl)cc2Cl)N2CCCCC2)cc1F. The molecule has 10 heteroatoms. The van der Waals surface area contributed by atoms with Crippen LogP contribution in [0.25, 0.3) is 0 Å². The second-order valence-corrected chi connectivity index (χ2v) is 11.2. The summed E-state index contributed by atoms with van der Waals surface area (Å²) in [6, 6.07) is 7.72. The van der Waals surface area contributed by atoms with Crippen molar-refractivity contribution in [1.29, 1.82) is 0 Å². The molecule has 0 spiro atoms. The van der Waals surface area contributed by atoms with Gasteiger partial charge in [-0.3, -0.25) is 9.69 Å². The number of benzene rings is 2. The topological polar surface area (TPSA) is 75.7 Å². The van der Waals surface area contributed by atoms with Crippen molar-refractivity contribution in [3.8, 4) is 5.75 Å². The van der Waals surface area contributed by atoms with Crippen molar-refractivity contribution in [1.82, 2.24) is 9.62 Å². The number of nitrogens with zero attached hydrogens (tertiary/aromatic N) is 1. The highest BCUT2D eigenvalue weighted by Gasteiger charge is 2.35. The molecule has 1 aliphatic carbocycles. The lowest BCUT2D eigenvalue weighted by Gasteiger charge is -2.36. The number of rotatable bonds is 7. The number of carbonyl (C=O) groups excluding carboxylic acids is 1. The van der Waals surface area contributed by atoms with E-state index in [1.165, 1.54) is 12.1 Å². The highest BCUT2D eigenvalue weighted by molar-refractivity contribution is 7.89. The highest BCUT2D eigenvalue weighted by atomic mass is 35.5. The van der Waals surface area contributed by atoms with E-state index in [2.05, 4.69) is 4.90 Å². The Hall–Kier alpha value is -1.87. The molecule has 1 amide bonds. The van der Waals surface area contributed by atoms with Gasteiger partial charge in [-0.15, -0.1) is 0 Å². The van der Waals surface area contributed by atoms with Crippen LogP contribution in [-0.4, -0.2) is 38.6 Å². The second-order valence-electron chi connectivity index (χ2n) is 8.58. The smallest absolute Gasteiger partial charge is 0.267 e. The number of likely N-dealkylation sites (tertiary alicyclic amines) is 1. The monoisotopic (exact) mass is 514 g/mol. The third kappa shape index (κ3) is 5.98. The number of hydrogen-bond donors (Lipinski definition) is 1. The van der Waals surface area contributed by atoms with E-state index in [1.807, 2.05) is 4.72 Å². The first-order chi connectivity index (χ1) is 15.6. The Morgan fingerprint density at radius 2 is 1.85 bits per heavy atom. The summed E-state index contributed by atoms with van der Waals surface area (Å²) in [4.78, 5) is 14.6. The van der Waals surface area contributed by atoms with Crippen LogP contribution in [-0.2, 0) is 10.0 Å². The van der Waals surface area contributed by atoms with Gasteiger partial charge in [-0.05, 0) is 67.5 Å². The van der Waals surface area contributed by atoms with Crippen molar-refractivity contribution in [3.05, 3.63) is 62.9 Å². The molecule has 0 aromatic heterocycles. The number of nitrogens with one attached hydrogen (secondary N) is 1. The molecule has 1 heterocycles. The maximum atomic E-state index is 15.2. The van der Waals surface area contributed by atoms with Crippen LogP contribution in [0.2, 0.25) is 10.0 Å². The first-order valence-electron chi connectivity index (χ1n) is 10.8. The van der Waals surface area contributed by atoms with Gasteiger partial charge < -0.3 is 4.74 Å². The maximum Gasteiger partial charge on any atom is 0.267 e. The van der Waals surface area contributed by atoms with Gasteiger partial charge in [0.25, 0.3) is 5.91 Å². The molecule has 1 aliphatic heterocycles. The average Bonchev–Trinajstić information content (AvgIpc) is 3.58. The van der Waals surface area contributed by atoms with E-state index in [-0.39, 0.29) is 11.5 Å². The van der Waals surface area contributed by atoms with E-state index >= 15 is 4.39 Å². The summed E-state index contributed by atoms with van der Waals surface area (Å²) in [6.07, 6.45) is 5.14. The van der Waals surface area contributed by atoms with Crippen molar-refractivity contribution in [3.63, 3.8) is 0 Å². The fourth-order valence-electron chi connectivity index (χ4n) is 4.14. The quantitative estimate of drug-likeness (QED) is 0.545. The van der Waals surface area contributed by atoms with Gasteiger partial charge in [0.2, 0.25) is 10.0 Å². The summed E-state index contributed by atoms with van der Waals surface area (Å²) in [7, 11) is -3.82. The summed E-state index contributed by atoms with van der Waals surface area (Å²) < 4.78 is 46.4. The Morgan fingerprint density at radius 1 is 1.15 bits per heavy atom. The molecule has 1 saturated heterocycles. The zero-order chi connectivity index (χ0) is 23.8. The van der Waals surface area contributed by atoms with Crippen LogP contribution in [0, 0.1) is 5.82 Å². The maximum absolute atomic E-state index is 15.2. The molecular weight excluding hydrogens is 490 g/mol. The van der Waals surface area contributed by atoms with Crippen molar-refractivity contribution < 1.29 is 22.3 Å². The van der Waals surface area contributed by atoms with Crippen LogP contribution in [0.1, 0.15) is 65.7 Å². The normalized spacial score (nSPS) is 18.1. The third-order valence-electron chi connectivity index (χ3n) is 5.83. The summed E-state index contributed by atoms with van der Waals surface area (Å²) in [5, 5.41) is 0.829. The molecule has 1 atom stereocenters. The van der Waals surface area contributed by atoms with Crippen LogP contribution in [0.4, 0.5) is 4.39 Å². The van der Waals surface area contributed by atoms with Crippen LogP contribution >= 0.6 is 23.2 Å². The van der Waals surface area contributed by atoms with Crippen molar-refractivity contribution in [2.75, 3.05) is 19.3 Å². The molecule has 1 unspecified atom stereocenters. The van der Waals surface area contributed by atoms with E-state index in [9.17, 15) is 13.2 Å². The average molecular weight is 515 g/mol. The van der Waals surface area contributed by atoms with Crippen LogP contribution < -0.4 is 9.46 Å². The second kappa shape index (κ2) is 9.78.